The molecule has 0 atom stereocenters. The van der Waals surface area contributed by atoms with E-state index in [0.29, 0.717) is 45.2 Å². The van der Waals surface area contributed by atoms with E-state index >= 15 is 0 Å². The first-order valence-electron chi connectivity index (χ1n) is 21.6. The molecule has 0 radical (unpaired) electrons. The molecule has 0 saturated heterocycles. The molecule has 0 amide bonds. The van der Waals surface area contributed by atoms with E-state index in [1.165, 1.54) is 0 Å². The average Bonchev–Trinajstić information content (AvgIpc) is 3.74. The number of benzene rings is 8. The summed E-state index contributed by atoms with van der Waals surface area (Å²) >= 11 is 0. The molecule has 8 aromatic carbocycles. The van der Waals surface area contributed by atoms with Crippen LogP contribution in [-0.2, 0) is 0 Å². The molecule has 0 bridgehead atoms. The molecular formula is C59H34N8. The lowest BCUT2D eigenvalue weighted by Crippen LogP contribution is -2.06. The molecular weight excluding hydrogens is 821 g/mol. The maximum absolute atomic E-state index is 10.9. The minimum atomic E-state index is 0.381. The monoisotopic (exact) mass is 854 g/mol. The molecule has 11 aromatic rings. The summed E-state index contributed by atoms with van der Waals surface area (Å²) in [6, 6.07) is 74.3. The fourth-order valence-electron chi connectivity index (χ4n) is 8.78. The van der Waals surface area contributed by atoms with Gasteiger partial charge in [-0.2, -0.15) is 15.8 Å². The number of fused-ring (bicyclic) bond motifs is 3. The molecule has 0 N–H and O–H groups in total. The molecule has 0 aliphatic heterocycles. The molecule has 0 aliphatic rings. The van der Waals surface area contributed by atoms with Crippen molar-refractivity contribution in [1.29, 1.82) is 15.8 Å². The van der Waals surface area contributed by atoms with Crippen LogP contribution in [0, 0.1) is 34.0 Å². The summed E-state index contributed by atoms with van der Waals surface area (Å²) in [4.78, 5) is 21.3. The highest BCUT2D eigenvalue weighted by Gasteiger charge is 2.26. The fraction of sp³-hybridized carbons (Fsp3) is 0. The minimum Gasteiger partial charge on any atom is -0.308 e. The number of rotatable bonds is 8. The van der Waals surface area contributed by atoms with Crippen molar-refractivity contribution < 1.29 is 0 Å². The molecule has 67 heavy (non-hydrogen) atoms. The Balaban J connectivity index is 1.27. The van der Waals surface area contributed by atoms with Crippen LogP contribution in [0.3, 0.4) is 0 Å². The lowest BCUT2D eigenvalue weighted by Gasteiger charge is -2.20. The second-order valence-electron chi connectivity index (χ2n) is 16.0. The third-order valence-electron chi connectivity index (χ3n) is 11.9. The van der Waals surface area contributed by atoms with Gasteiger partial charge in [-0.05, 0) is 65.7 Å². The predicted molar refractivity (Wildman–Crippen MR) is 264 cm³/mol. The van der Waals surface area contributed by atoms with Crippen LogP contribution in [0.1, 0.15) is 16.7 Å². The number of hydrogen-bond donors (Lipinski definition) is 0. The summed E-state index contributed by atoms with van der Waals surface area (Å²) in [6.45, 7) is 0. The van der Waals surface area contributed by atoms with Crippen LogP contribution < -0.4 is 0 Å². The van der Waals surface area contributed by atoms with E-state index in [0.717, 1.165) is 78.0 Å². The zero-order valence-electron chi connectivity index (χ0n) is 35.7. The minimum absolute atomic E-state index is 0.381. The SMILES string of the molecule is N#Cc1ccc(-c2ccc3c(c2)c2ccccc2n3-c2c(-c3nc(-c4ccccc4)cc(-c4ccccc4)n3)cc(C#N)cc2-c2nc(-c3ccccc3)cc(-c3ccccc3)n2)c(C#N)c1. The van der Waals surface area contributed by atoms with E-state index in [-0.39, 0.29) is 0 Å². The van der Waals surface area contributed by atoms with Crippen molar-refractivity contribution >= 4 is 21.8 Å². The van der Waals surface area contributed by atoms with Gasteiger partial charge in [-0.25, -0.2) is 19.9 Å². The maximum atomic E-state index is 10.9. The molecule has 0 aliphatic carbocycles. The van der Waals surface area contributed by atoms with Crippen LogP contribution in [0.15, 0.2) is 206 Å². The molecule has 3 aromatic heterocycles. The van der Waals surface area contributed by atoms with Gasteiger partial charge in [-0.15, -0.1) is 0 Å². The van der Waals surface area contributed by atoms with Crippen molar-refractivity contribution in [1.82, 2.24) is 24.5 Å². The van der Waals surface area contributed by atoms with E-state index in [1.54, 1.807) is 12.1 Å². The second kappa shape index (κ2) is 17.1. The predicted octanol–water partition coefficient (Wildman–Crippen LogP) is 13.6. The van der Waals surface area contributed by atoms with Crippen LogP contribution in [0.5, 0.6) is 0 Å². The molecule has 0 spiro atoms. The van der Waals surface area contributed by atoms with Gasteiger partial charge in [-0.3, -0.25) is 0 Å². The summed E-state index contributed by atoms with van der Waals surface area (Å²) in [6.07, 6.45) is 0. The van der Waals surface area contributed by atoms with Crippen molar-refractivity contribution in [3.8, 4) is 103 Å². The molecule has 0 saturated carbocycles. The van der Waals surface area contributed by atoms with E-state index in [2.05, 4.69) is 47.0 Å². The van der Waals surface area contributed by atoms with Gasteiger partial charge in [-0.1, -0.05) is 152 Å². The van der Waals surface area contributed by atoms with Crippen LogP contribution in [0.4, 0.5) is 0 Å². The standard InChI is InChI=1S/C59H34N8/c60-35-38-25-27-46(45(29-38)37-62)44-26-28-56-48(32-44)47-23-13-14-24-55(47)67(56)57-49(58-63-51(40-15-5-1-6-16-40)33-52(64-58)41-17-7-2-8-18-41)30-39(36-61)31-50(57)59-65-53(42-19-9-3-10-20-42)34-54(66-59)43-21-11-4-12-22-43/h1-34H. The van der Waals surface area contributed by atoms with Gasteiger partial charge < -0.3 is 4.57 Å². The smallest absolute Gasteiger partial charge is 0.162 e. The lowest BCUT2D eigenvalue weighted by atomic mass is 9.97. The maximum Gasteiger partial charge on any atom is 0.162 e. The summed E-state index contributed by atoms with van der Waals surface area (Å²) in [5, 5.41) is 32.6. The normalized spacial score (nSPS) is 10.9. The van der Waals surface area contributed by atoms with Crippen molar-refractivity contribution in [2.45, 2.75) is 0 Å². The fourth-order valence-corrected chi connectivity index (χ4v) is 8.78. The first-order valence-corrected chi connectivity index (χ1v) is 21.6. The number of nitriles is 3. The van der Waals surface area contributed by atoms with Crippen molar-refractivity contribution in [2.75, 3.05) is 0 Å². The Bertz CT molecular complexity index is 3560. The first-order chi connectivity index (χ1) is 33.1. The Labute approximate surface area is 386 Å². The van der Waals surface area contributed by atoms with E-state index in [1.807, 2.05) is 170 Å². The van der Waals surface area contributed by atoms with Crippen molar-refractivity contribution in [2.24, 2.45) is 0 Å². The van der Waals surface area contributed by atoms with Gasteiger partial charge in [0.15, 0.2) is 11.6 Å². The topological polar surface area (TPSA) is 128 Å². The molecule has 3 heterocycles. The highest BCUT2D eigenvalue weighted by molar-refractivity contribution is 6.12. The van der Waals surface area contributed by atoms with E-state index < -0.39 is 0 Å². The Morgan fingerprint density at radius 2 is 0.776 bits per heavy atom. The Hall–Kier alpha value is -9.81. The van der Waals surface area contributed by atoms with Crippen LogP contribution in [0.2, 0.25) is 0 Å². The Morgan fingerprint density at radius 3 is 1.24 bits per heavy atom. The zero-order valence-corrected chi connectivity index (χ0v) is 35.7. The van der Waals surface area contributed by atoms with E-state index in [9.17, 15) is 15.8 Å². The number of aromatic nitrogens is 5. The zero-order chi connectivity index (χ0) is 45.3. The molecule has 310 valence electrons. The second-order valence-corrected chi connectivity index (χ2v) is 16.0. The van der Waals surface area contributed by atoms with E-state index in [4.69, 9.17) is 19.9 Å². The van der Waals surface area contributed by atoms with Gasteiger partial charge >= 0.3 is 0 Å². The summed E-state index contributed by atoms with van der Waals surface area (Å²) in [5.41, 5.74) is 12.9. The highest BCUT2D eigenvalue weighted by Crippen LogP contribution is 2.43. The third kappa shape index (κ3) is 7.41. The van der Waals surface area contributed by atoms with Crippen LogP contribution in [-0.4, -0.2) is 24.5 Å². The largest absolute Gasteiger partial charge is 0.308 e. The molecule has 11 rings (SSSR count). The number of hydrogen-bond acceptors (Lipinski definition) is 7. The summed E-state index contributed by atoms with van der Waals surface area (Å²) in [5.74, 6) is 0.824. The lowest BCUT2D eigenvalue weighted by molar-refractivity contribution is 1.12. The van der Waals surface area contributed by atoms with Gasteiger partial charge in [0.2, 0.25) is 0 Å². The molecule has 8 nitrogen and oxygen atoms in total. The Morgan fingerprint density at radius 1 is 0.328 bits per heavy atom. The summed E-state index contributed by atoms with van der Waals surface area (Å²) in [7, 11) is 0. The Kier molecular flexibility index (Phi) is 10.2. The quantitative estimate of drug-likeness (QED) is 0.149. The molecule has 0 unspecified atom stereocenters. The van der Waals surface area contributed by atoms with Crippen LogP contribution in [0.25, 0.3) is 106 Å². The van der Waals surface area contributed by atoms with Crippen molar-refractivity contribution in [3.63, 3.8) is 0 Å². The first kappa shape index (κ1) is 40.0. The summed E-state index contributed by atoms with van der Waals surface area (Å²) < 4.78 is 2.20. The highest BCUT2D eigenvalue weighted by atomic mass is 15.0. The molecule has 8 heteroatoms. The molecule has 0 fully saturated rings. The number of nitrogens with zero attached hydrogens (tertiary/aromatic N) is 8. The van der Waals surface area contributed by atoms with Gasteiger partial charge in [0, 0.05) is 44.2 Å². The van der Waals surface area contributed by atoms with Gasteiger partial charge in [0.25, 0.3) is 0 Å². The third-order valence-corrected chi connectivity index (χ3v) is 11.9. The van der Waals surface area contributed by atoms with Gasteiger partial charge in [0.1, 0.15) is 0 Å². The van der Waals surface area contributed by atoms with Crippen LogP contribution >= 0.6 is 0 Å². The number of para-hydroxylation sites is 1. The van der Waals surface area contributed by atoms with Gasteiger partial charge in [0.05, 0.1) is 74.4 Å². The van der Waals surface area contributed by atoms with Crippen molar-refractivity contribution in [3.05, 3.63) is 223 Å². The average molecular weight is 855 g/mol.